The van der Waals surface area contributed by atoms with E-state index in [0.29, 0.717) is 20.9 Å². The Labute approximate surface area is 134 Å². The van der Waals surface area contributed by atoms with Gasteiger partial charge < -0.3 is 5.32 Å². The van der Waals surface area contributed by atoms with Gasteiger partial charge in [-0.05, 0) is 24.0 Å². The molecule has 0 atom stereocenters. The number of amides is 2. The Bertz CT molecular complexity index is 620. The average Bonchev–Trinajstić information content (AvgIpc) is 2.81. The highest BCUT2D eigenvalue weighted by Gasteiger charge is 2.09. The number of urea groups is 1. The Hall–Kier alpha value is -1.02. The number of carbonyl (C=O) groups excluding carboxylic acids is 1. The zero-order valence-electron chi connectivity index (χ0n) is 10.3. The molecular formula is C11H10Cl2N4OS2. The molecule has 1 aromatic carbocycles. The molecule has 1 aromatic heterocycles. The molecule has 9 heteroatoms. The molecule has 0 aliphatic carbocycles. The van der Waals surface area contributed by atoms with E-state index in [1.807, 2.05) is 6.92 Å². The van der Waals surface area contributed by atoms with Gasteiger partial charge in [0.1, 0.15) is 0 Å². The largest absolute Gasteiger partial charge is 0.325 e. The number of nitrogens with zero attached hydrogens (tertiary/aromatic N) is 2. The van der Waals surface area contributed by atoms with E-state index in [-0.39, 0.29) is 0 Å². The number of carbonyl (C=O) groups is 1. The second-order valence-corrected chi connectivity index (χ2v) is 6.82. The minimum atomic E-state index is -0.410. The second kappa shape index (κ2) is 7.12. The van der Waals surface area contributed by atoms with E-state index in [1.54, 1.807) is 30.0 Å². The van der Waals surface area contributed by atoms with Gasteiger partial charge in [0, 0.05) is 5.69 Å². The molecule has 2 amide bonds. The topological polar surface area (TPSA) is 66.9 Å². The van der Waals surface area contributed by atoms with Crippen molar-refractivity contribution >= 4 is 63.2 Å². The molecular weight excluding hydrogens is 339 g/mol. The summed E-state index contributed by atoms with van der Waals surface area (Å²) in [6.45, 7) is 2.02. The smallest absolute Gasteiger partial charge is 0.308 e. The predicted molar refractivity (Wildman–Crippen MR) is 85.4 cm³/mol. The van der Waals surface area contributed by atoms with Crippen molar-refractivity contribution in [1.29, 1.82) is 0 Å². The lowest BCUT2D eigenvalue weighted by Crippen LogP contribution is -2.19. The molecule has 0 fully saturated rings. The van der Waals surface area contributed by atoms with Crippen molar-refractivity contribution in [2.45, 2.75) is 11.3 Å². The van der Waals surface area contributed by atoms with Crippen LogP contribution in [0.5, 0.6) is 0 Å². The van der Waals surface area contributed by atoms with Crippen LogP contribution in [0.4, 0.5) is 15.6 Å². The maximum absolute atomic E-state index is 11.8. The second-order valence-electron chi connectivity index (χ2n) is 3.51. The number of thioether (sulfide) groups is 1. The predicted octanol–water partition coefficient (Wildman–Crippen LogP) is 4.60. The van der Waals surface area contributed by atoms with Gasteiger partial charge in [-0.2, -0.15) is 0 Å². The summed E-state index contributed by atoms with van der Waals surface area (Å²) in [7, 11) is 0. The fourth-order valence-electron chi connectivity index (χ4n) is 1.28. The van der Waals surface area contributed by atoms with Crippen LogP contribution in [0.15, 0.2) is 22.5 Å². The molecule has 0 aliphatic rings. The molecule has 0 spiro atoms. The Morgan fingerprint density at radius 3 is 2.80 bits per heavy atom. The number of nitrogens with one attached hydrogen (secondary N) is 2. The van der Waals surface area contributed by atoms with Crippen LogP contribution in [0.1, 0.15) is 6.92 Å². The molecule has 5 nitrogen and oxygen atoms in total. The SMILES string of the molecule is CCSc1nnc(NC(=O)Nc2ccc(Cl)c(Cl)c2)s1. The van der Waals surface area contributed by atoms with Crippen LogP contribution in [0, 0.1) is 0 Å². The van der Waals surface area contributed by atoms with Crippen molar-refractivity contribution in [3.8, 4) is 0 Å². The van der Waals surface area contributed by atoms with Crippen LogP contribution in [0.2, 0.25) is 10.0 Å². The van der Waals surface area contributed by atoms with Gasteiger partial charge in [-0.1, -0.05) is 53.2 Å². The molecule has 20 heavy (non-hydrogen) atoms. The van der Waals surface area contributed by atoms with Crippen LogP contribution < -0.4 is 10.6 Å². The van der Waals surface area contributed by atoms with E-state index in [9.17, 15) is 4.79 Å². The first-order valence-electron chi connectivity index (χ1n) is 5.58. The molecule has 0 bridgehead atoms. The fourth-order valence-corrected chi connectivity index (χ4v) is 3.22. The van der Waals surface area contributed by atoms with Gasteiger partial charge in [0.2, 0.25) is 5.13 Å². The maximum Gasteiger partial charge on any atom is 0.325 e. The van der Waals surface area contributed by atoms with Gasteiger partial charge in [0.05, 0.1) is 10.0 Å². The quantitative estimate of drug-likeness (QED) is 0.625. The average molecular weight is 349 g/mol. The standard InChI is InChI=1S/C11H10Cl2N4OS2/c1-2-19-11-17-16-10(20-11)15-9(18)14-6-3-4-7(12)8(13)5-6/h3-5H,2H2,1H3,(H2,14,15,16,18). The first kappa shape index (κ1) is 15.4. The third-order valence-corrected chi connectivity index (χ3v) is 4.67. The van der Waals surface area contributed by atoms with E-state index >= 15 is 0 Å². The lowest BCUT2D eigenvalue weighted by atomic mass is 10.3. The zero-order valence-corrected chi connectivity index (χ0v) is 13.5. The molecule has 0 unspecified atom stereocenters. The van der Waals surface area contributed by atoms with Crippen LogP contribution in [-0.2, 0) is 0 Å². The number of hydrogen-bond donors (Lipinski definition) is 2. The van der Waals surface area contributed by atoms with Crippen molar-refractivity contribution in [3.05, 3.63) is 28.2 Å². The molecule has 0 saturated carbocycles. The van der Waals surface area contributed by atoms with Gasteiger partial charge in [0.25, 0.3) is 0 Å². The summed E-state index contributed by atoms with van der Waals surface area (Å²) in [5.74, 6) is 0.907. The first-order valence-corrected chi connectivity index (χ1v) is 8.13. The highest BCUT2D eigenvalue weighted by molar-refractivity contribution is 8.01. The molecule has 0 aliphatic heterocycles. The Balaban J connectivity index is 1.95. The van der Waals surface area contributed by atoms with E-state index < -0.39 is 6.03 Å². The Morgan fingerprint density at radius 2 is 2.10 bits per heavy atom. The first-order chi connectivity index (χ1) is 9.58. The third-order valence-electron chi connectivity index (χ3n) is 2.07. The van der Waals surface area contributed by atoms with Crippen molar-refractivity contribution < 1.29 is 4.79 Å². The lowest BCUT2D eigenvalue weighted by molar-refractivity contribution is 0.262. The Morgan fingerprint density at radius 1 is 1.30 bits per heavy atom. The minimum Gasteiger partial charge on any atom is -0.308 e. The number of benzene rings is 1. The van der Waals surface area contributed by atoms with E-state index in [0.717, 1.165) is 10.1 Å². The van der Waals surface area contributed by atoms with Crippen molar-refractivity contribution in [2.75, 3.05) is 16.4 Å². The molecule has 106 valence electrons. The highest BCUT2D eigenvalue weighted by Crippen LogP contribution is 2.26. The van der Waals surface area contributed by atoms with Gasteiger partial charge in [0.15, 0.2) is 4.34 Å². The summed E-state index contributed by atoms with van der Waals surface area (Å²) < 4.78 is 0.817. The van der Waals surface area contributed by atoms with Gasteiger partial charge in [-0.25, -0.2) is 4.79 Å². The molecule has 1 heterocycles. The molecule has 0 radical (unpaired) electrons. The fraction of sp³-hybridized carbons (Fsp3) is 0.182. The summed E-state index contributed by atoms with van der Waals surface area (Å²) in [5, 5.41) is 14.3. The zero-order chi connectivity index (χ0) is 14.5. The molecule has 2 aromatic rings. The number of halogens is 2. The van der Waals surface area contributed by atoms with Crippen LogP contribution in [-0.4, -0.2) is 22.0 Å². The summed E-state index contributed by atoms with van der Waals surface area (Å²) in [6, 6.07) is 4.43. The third kappa shape index (κ3) is 4.24. The van der Waals surface area contributed by atoms with Gasteiger partial charge in [-0.3, -0.25) is 5.32 Å². The van der Waals surface area contributed by atoms with Crippen molar-refractivity contribution in [3.63, 3.8) is 0 Å². The summed E-state index contributed by atoms with van der Waals surface area (Å²) >= 11 is 14.6. The number of hydrogen-bond acceptors (Lipinski definition) is 5. The highest BCUT2D eigenvalue weighted by atomic mass is 35.5. The lowest BCUT2D eigenvalue weighted by Gasteiger charge is -2.05. The Kier molecular flexibility index (Phi) is 5.47. The van der Waals surface area contributed by atoms with Gasteiger partial charge >= 0.3 is 6.03 Å². The number of anilines is 2. The number of aromatic nitrogens is 2. The summed E-state index contributed by atoms with van der Waals surface area (Å²) in [6.07, 6.45) is 0. The van der Waals surface area contributed by atoms with E-state index in [4.69, 9.17) is 23.2 Å². The van der Waals surface area contributed by atoms with Gasteiger partial charge in [-0.15, -0.1) is 10.2 Å². The summed E-state index contributed by atoms with van der Waals surface area (Å²) in [4.78, 5) is 11.8. The molecule has 0 saturated heterocycles. The van der Waals surface area contributed by atoms with E-state index in [2.05, 4.69) is 20.8 Å². The van der Waals surface area contributed by atoms with Crippen LogP contribution in [0.3, 0.4) is 0 Å². The number of rotatable bonds is 4. The van der Waals surface area contributed by atoms with Crippen molar-refractivity contribution in [2.24, 2.45) is 0 Å². The monoisotopic (exact) mass is 348 g/mol. The van der Waals surface area contributed by atoms with Crippen molar-refractivity contribution in [1.82, 2.24) is 10.2 Å². The molecule has 2 N–H and O–H groups in total. The normalized spacial score (nSPS) is 10.3. The van der Waals surface area contributed by atoms with E-state index in [1.165, 1.54) is 11.3 Å². The maximum atomic E-state index is 11.8. The van der Waals surface area contributed by atoms with Crippen LogP contribution in [0.25, 0.3) is 0 Å². The minimum absolute atomic E-state index is 0.377. The van der Waals surface area contributed by atoms with Crippen LogP contribution >= 0.6 is 46.3 Å². The molecule has 2 rings (SSSR count). The summed E-state index contributed by atoms with van der Waals surface area (Å²) in [5.41, 5.74) is 0.546.